The van der Waals surface area contributed by atoms with Crippen LogP contribution in [0.15, 0.2) is 47.4 Å². The number of carbonyl (C=O) groups is 2. The number of nitrogens with one attached hydrogen (secondary N) is 1. The van der Waals surface area contributed by atoms with E-state index in [2.05, 4.69) is 5.32 Å². The molecule has 5 rings (SSSR count). The summed E-state index contributed by atoms with van der Waals surface area (Å²) in [6.45, 7) is 5.43. The van der Waals surface area contributed by atoms with Gasteiger partial charge in [0.05, 0.1) is 22.8 Å². The Balaban J connectivity index is 1.32. The van der Waals surface area contributed by atoms with E-state index in [9.17, 15) is 18.0 Å². The lowest BCUT2D eigenvalue weighted by Gasteiger charge is -2.45. The van der Waals surface area contributed by atoms with Gasteiger partial charge in [-0.3, -0.25) is 19.4 Å². The van der Waals surface area contributed by atoms with Crippen molar-refractivity contribution >= 4 is 33.2 Å². The van der Waals surface area contributed by atoms with Crippen molar-refractivity contribution in [1.82, 2.24) is 9.21 Å². The maximum atomic E-state index is 13.7. The number of sulfonamides is 1. The highest BCUT2D eigenvalue weighted by atomic mass is 32.2. The van der Waals surface area contributed by atoms with Crippen molar-refractivity contribution in [2.75, 3.05) is 42.9 Å². The summed E-state index contributed by atoms with van der Waals surface area (Å²) in [7, 11) is -3.59. The van der Waals surface area contributed by atoms with E-state index in [0.29, 0.717) is 49.6 Å². The summed E-state index contributed by atoms with van der Waals surface area (Å²) in [5.41, 5.74) is 2.21. The fourth-order valence-corrected chi connectivity index (χ4v) is 7.37. The molecule has 1 aliphatic carbocycles. The van der Waals surface area contributed by atoms with Crippen LogP contribution in [0.2, 0.25) is 0 Å². The number of fused-ring (bicyclic) bond motifs is 1. The van der Waals surface area contributed by atoms with E-state index >= 15 is 0 Å². The van der Waals surface area contributed by atoms with Gasteiger partial charge in [-0.2, -0.15) is 4.31 Å². The predicted molar refractivity (Wildman–Crippen MR) is 135 cm³/mol. The van der Waals surface area contributed by atoms with Crippen molar-refractivity contribution in [2.24, 2.45) is 0 Å². The Morgan fingerprint density at radius 1 is 1.00 bits per heavy atom. The third kappa shape index (κ3) is 4.15. The number of aryl methyl sites for hydroxylation is 2. The zero-order chi connectivity index (χ0) is 24.8. The molecule has 2 aromatic rings. The van der Waals surface area contributed by atoms with Gasteiger partial charge in [-0.15, -0.1) is 0 Å². The molecule has 1 spiro atoms. The zero-order valence-corrected chi connectivity index (χ0v) is 21.1. The van der Waals surface area contributed by atoms with E-state index in [0.717, 1.165) is 29.7 Å². The summed E-state index contributed by atoms with van der Waals surface area (Å²) in [5, 5.41) is 3.01. The van der Waals surface area contributed by atoms with E-state index in [1.165, 1.54) is 4.31 Å². The monoisotopic (exact) mass is 496 g/mol. The van der Waals surface area contributed by atoms with E-state index in [-0.39, 0.29) is 18.4 Å². The molecule has 1 N–H and O–H groups in total. The van der Waals surface area contributed by atoms with Crippen molar-refractivity contribution in [3.05, 3.63) is 53.6 Å². The maximum absolute atomic E-state index is 13.7. The Bertz CT molecular complexity index is 1260. The predicted octanol–water partition coefficient (Wildman–Crippen LogP) is 2.91. The normalized spacial score (nSPS) is 20.6. The highest BCUT2D eigenvalue weighted by Gasteiger charge is 2.52. The Hall–Kier alpha value is -2.75. The van der Waals surface area contributed by atoms with Crippen molar-refractivity contribution in [1.29, 1.82) is 0 Å². The number of piperazine rings is 1. The number of para-hydroxylation sites is 2. The zero-order valence-electron chi connectivity index (χ0n) is 20.3. The van der Waals surface area contributed by atoms with Crippen LogP contribution in [0, 0.1) is 13.8 Å². The fraction of sp³-hybridized carbons (Fsp3) is 0.462. The smallest absolute Gasteiger partial charge is 0.250 e. The summed E-state index contributed by atoms with van der Waals surface area (Å²) in [4.78, 5) is 30.9. The van der Waals surface area contributed by atoms with Crippen molar-refractivity contribution in [3.63, 3.8) is 0 Å². The quantitative estimate of drug-likeness (QED) is 0.703. The third-order valence-corrected chi connectivity index (χ3v) is 9.62. The van der Waals surface area contributed by atoms with Crippen LogP contribution in [0.5, 0.6) is 0 Å². The minimum atomic E-state index is -3.59. The lowest BCUT2D eigenvalue weighted by atomic mass is 9.89. The minimum absolute atomic E-state index is 0.105. The van der Waals surface area contributed by atoms with Gasteiger partial charge in [-0.05, 0) is 56.0 Å². The Morgan fingerprint density at radius 2 is 1.69 bits per heavy atom. The molecule has 0 bridgehead atoms. The summed E-state index contributed by atoms with van der Waals surface area (Å²) >= 11 is 0. The van der Waals surface area contributed by atoms with Gasteiger partial charge in [-0.25, -0.2) is 8.42 Å². The molecule has 0 atom stereocenters. The molecule has 186 valence electrons. The molecule has 2 aromatic carbocycles. The first kappa shape index (κ1) is 24.0. The summed E-state index contributed by atoms with van der Waals surface area (Å²) in [5.74, 6) is -0.216. The van der Waals surface area contributed by atoms with Gasteiger partial charge in [-0.1, -0.05) is 37.1 Å². The van der Waals surface area contributed by atoms with Crippen molar-refractivity contribution in [3.8, 4) is 0 Å². The van der Waals surface area contributed by atoms with Crippen molar-refractivity contribution in [2.45, 2.75) is 50.0 Å². The van der Waals surface area contributed by atoms with Crippen LogP contribution in [0.3, 0.4) is 0 Å². The van der Waals surface area contributed by atoms with Crippen LogP contribution in [0.4, 0.5) is 11.4 Å². The van der Waals surface area contributed by atoms with E-state index in [1.54, 1.807) is 11.0 Å². The lowest BCUT2D eigenvalue weighted by Crippen LogP contribution is -2.62. The number of rotatable bonds is 4. The Labute approximate surface area is 206 Å². The molecular formula is C26H32N4O4S. The van der Waals surface area contributed by atoms with Crippen LogP contribution >= 0.6 is 0 Å². The first-order valence-corrected chi connectivity index (χ1v) is 13.7. The molecule has 2 aliphatic heterocycles. The van der Waals surface area contributed by atoms with E-state index in [1.807, 2.05) is 55.1 Å². The van der Waals surface area contributed by atoms with Crippen molar-refractivity contribution < 1.29 is 18.0 Å². The van der Waals surface area contributed by atoms with E-state index in [4.69, 9.17) is 0 Å². The summed E-state index contributed by atoms with van der Waals surface area (Å²) < 4.78 is 28.0. The molecule has 8 nitrogen and oxygen atoms in total. The van der Waals surface area contributed by atoms with Gasteiger partial charge in [0.2, 0.25) is 15.9 Å². The molecule has 1 saturated carbocycles. The molecule has 0 unspecified atom stereocenters. The first-order valence-electron chi connectivity index (χ1n) is 12.3. The molecule has 0 aromatic heterocycles. The lowest BCUT2D eigenvalue weighted by molar-refractivity contribution is -0.128. The molecule has 35 heavy (non-hydrogen) atoms. The molecular weight excluding hydrogens is 464 g/mol. The average Bonchev–Trinajstić information content (AvgIpc) is 3.32. The van der Waals surface area contributed by atoms with E-state index < -0.39 is 15.6 Å². The molecule has 2 fully saturated rings. The van der Waals surface area contributed by atoms with Crippen LogP contribution in [-0.2, 0) is 19.6 Å². The molecule has 2 heterocycles. The van der Waals surface area contributed by atoms with Gasteiger partial charge in [0.1, 0.15) is 5.54 Å². The molecule has 9 heteroatoms. The van der Waals surface area contributed by atoms with Crippen LogP contribution in [0.1, 0.15) is 36.8 Å². The van der Waals surface area contributed by atoms with Crippen LogP contribution < -0.4 is 10.2 Å². The van der Waals surface area contributed by atoms with Gasteiger partial charge in [0.25, 0.3) is 5.91 Å². The van der Waals surface area contributed by atoms with Gasteiger partial charge >= 0.3 is 0 Å². The fourth-order valence-electron chi connectivity index (χ4n) is 5.64. The second-order valence-corrected chi connectivity index (χ2v) is 11.8. The largest absolute Gasteiger partial charge is 0.322 e. The average molecular weight is 497 g/mol. The Morgan fingerprint density at radius 3 is 2.40 bits per heavy atom. The standard InChI is InChI=1S/C26H32N4O4S/c1-19-9-10-20(2)23(17-19)35(33,34)29-15-13-28(14-16-29)18-24(31)30-22-8-4-3-7-21(22)27-25(32)26(30)11-5-6-12-26/h3-4,7-10,17H,5-6,11-16,18H2,1-2H3,(H,27,32). The number of hydrogen-bond acceptors (Lipinski definition) is 5. The number of nitrogens with zero attached hydrogens (tertiary/aromatic N) is 3. The molecule has 0 radical (unpaired) electrons. The number of benzene rings is 2. The summed E-state index contributed by atoms with van der Waals surface area (Å²) in [6, 6.07) is 12.9. The summed E-state index contributed by atoms with van der Waals surface area (Å²) in [6.07, 6.45) is 3.13. The van der Waals surface area contributed by atoms with Gasteiger partial charge in [0.15, 0.2) is 0 Å². The minimum Gasteiger partial charge on any atom is -0.322 e. The van der Waals surface area contributed by atoms with Crippen LogP contribution in [-0.4, -0.2) is 67.7 Å². The van der Waals surface area contributed by atoms with Crippen LogP contribution in [0.25, 0.3) is 0 Å². The topological polar surface area (TPSA) is 90.0 Å². The number of carbonyl (C=O) groups excluding carboxylic acids is 2. The molecule has 3 aliphatic rings. The number of amides is 2. The number of hydrogen-bond donors (Lipinski definition) is 1. The Kier molecular flexibility index (Phi) is 6.19. The highest BCUT2D eigenvalue weighted by Crippen LogP contribution is 2.45. The third-order valence-electron chi connectivity index (χ3n) is 7.58. The van der Waals surface area contributed by atoms with Gasteiger partial charge in [0, 0.05) is 26.2 Å². The molecule has 1 saturated heterocycles. The second kappa shape index (κ2) is 9.04. The second-order valence-electron chi connectivity index (χ2n) is 9.89. The maximum Gasteiger partial charge on any atom is 0.250 e. The SMILES string of the molecule is Cc1ccc(C)c(S(=O)(=O)N2CCN(CC(=O)N3c4ccccc4NC(=O)C34CCCC4)CC2)c1. The highest BCUT2D eigenvalue weighted by molar-refractivity contribution is 7.89. The first-order chi connectivity index (χ1) is 16.7. The number of anilines is 2. The van der Waals surface area contributed by atoms with Gasteiger partial charge < -0.3 is 5.32 Å². The molecule has 2 amide bonds.